The minimum absolute atomic E-state index is 0.0177. The molecular formula is C17H27N3O. The van der Waals surface area contributed by atoms with E-state index in [0.29, 0.717) is 0 Å². The number of nitrogens with zero attached hydrogens (tertiary/aromatic N) is 2. The summed E-state index contributed by atoms with van der Waals surface area (Å²) in [6, 6.07) is 7.73. The van der Waals surface area contributed by atoms with E-state index in [1.165, 1.54) is 12.8 Å². The Bertz CT molecular complexity index is 465. The molecule has 0 spiro atoms. The van der Waals surface area contributed by atoms with Crippen LogP contribution in [-0.2, 0) is 0 Å². The lowest BCUT2D eigenvalue weighted by molar-refractivity contribution is 0.0944. The zero-order valence-electron chi connectivity index (χ0n) is 13.4. The largest absolute Gasteiger partial charge is 0.378 e. The molecule has 1 aliphatic rings. The molecule has 1 N–H and O–H groups in total. The van der Waals surface area contributed by atoms with E-state index in [4.69, 9.17) is 0 Å². The van der Waals surface area contributed by atoms with E-state index < -0.39 is 0 Å². The van der Waals surface area contributed by atoms with Crippen molar-refractivity contribution < 1.29 is 4.79 Å². The highest BCUT2D eigenvalue weighted by atomic mass is 16.1. The summed E-state index contributed by atoms with van der Waals surface area (Å²) in [5.41, 5.74) is 1.78. The van der Waals surface area contributed by atoms with Gasteiger partial charge in [0.05, 0.1) is 0 Å². The fourth-order valence-corrected chi connectivity index (χ4v) is 2.64. The number of carbonyl (C=O) groups excluding carboxylic acids is 1. The molecule has 0 aliphatic carbocycles. The normalized spacial score (nSPS) is 16.7. The van der Waals surface area contributed by atoms with Gasteiger partial charge in [0.2, 0.25) is 0 Å². The Kier molecular flexibility index (Phi) is 5.62. The summed E-state index contributed by atoms with van der Waals surface area (Å²) >= 11 is 0. The van der Waals surface area contributed by atoms with Crippen molar-refractivity contribution in [3.8, 4) is 0 Å². The minimum atomic E-state index is 0.0177. The Morgan fingerprint density at radius 2 is 2.05 bits per heavy atom. The van der Waals surface area contributed by atoms with Gasteiger partial charge in [0.25, 0.3) is 5.91 Å². The van der Waals surface area contributed by atoms with Gasteiger partial charge >= 0.3 is 0 Å². The molecule has 1 aromatic rings. The van der Waals surface area contributed by atoms with Gasteiger partial charge in [-0.25, -0.2) is 0 Å². The molecule has 4 nitrogen and oxygen atoms in total. The number of likely N-dealkylation sites (tertiary alicyclic amines) is 1. The average molecular weight is 289 g/mol. The van der Waals surface area contributed by atoms with E-state index in [1.54, 1.807) is 0 Å². The van der Waals surface area contributed by atoms with Crippen LogP contribution in [0.1, 0.15) is 30.1 Å². The Balaban J connectivity index is 1.78. The summed E-state index contributed by atoms with van der Waals surface area (Å²) < 4.78 is 0. The highest BCUT2D eigenvalue weighted by molar-refractivity contribution is 5.95. The van der Waals surface area contributed by atoms with E-state index in [-0.39, 0.29) is 5.91 Å². The number of hydrogen-bond acceptors (Lipinski definition) is 3. The molecule has 0 atom stereocenters. The lowest BCUT2D eigenvalue weighted by atomic mass is 9.99. The van der Waals surface area contributed by atoms with Crippen LogP contribution in [0.4, 0.5) is 5.69 Å². The predicted octanol–water partition coefficient (Wildman–Crippen LogP) is 2.21. The second-order valence-electron chi connectivity index (χ2n) is 6.22. The Morgan fingerprint density at radius 1 is 1.33 bits per heavy atom. The lowest BCUT2D eigenvalue weighted by Crippen LogP contribution is -2.39. The van der Waals surface area contributed by atoms with Crippen molar-refractivity contribution in [3.63, 3.8) is 0 Å². The number of hydrogen-bond donors (Lipinski definition) is 1. The van der Waals surface area contributed by atoms with E-state index in [2.05, 4.69) is 17.1 Å². The third kappa shape index (κ3) is 4.74. The Hall–Kier alpha value is -1.55. The maximum atomic E-state index is 12.2. The summed E-state index contributed by atoms with van der Waals surface area (Å²) in [7, 11) is 3.96. The summed E-state index contributed by atoms with van der Waals surface area (Å²) in [6.07, 6.45) is 2.55. The van der Waals surface area contributed by atoms with Gasteiger partial charge in [0.1, 0.15) is 0 Å². The smallest absolute Gasteiger partial charge is 0.251 e. The molecular weight excluding hydrogens is 262 g/mol. The number of amides is 1. The molecule has 0 radical (unpaired) electrons. The summed E-state index contributed by atoms with van der Waals surface area (Å²) in [5, 5.41) is 3.02. The van der Waals surface area contributed by atoms with Crippen molar-refractivity contribution in [1.29, 1.82) is 0 Å². The maximum Gasteiger partial charge on any atom is 0.251 e. The number of benzene rings is 1. The van der Waals surface area contributed by atoms with Crippen molar-refractivity contribution in [3.05, 3.63) is 29.8 Å². The lowest BCUT2D eigenvalue weighted by Gasteiger charge is -2.30. The third-order valence-corrected chi connectivity index (χ3v) is 4.21. The standard InChI is InChI=1S/C17H27N3O/c1-14-7-10-20(11-8-14)12-9-18-17(21)15-5-4-6-16(13-15)19(2)3/h4-6,13-14H,7-12H2,1-3H3,(H,18,21). The predicted molar refractivity (Wildman–Crippen MR) is 87.9 cm³/mol. The van der Waals surface area contributed by atoms with Gasteiger partial charge in [0.15, 0.2) is 0 Å². The van der Waals surface area contributed by atoms with Gasteiger partial charge < -0.3 is 15.1 Å². The van der Waals surface area contributed by atoms with Crippen molar-refractivity contribution in [2.75, 3.05) is 45.2 Å². The van der Waals surface area contributed by atoms with Gasteiger partial charge in [-0.2, -0.15) is 0 Å². The van der Waals surface area contributed by atoms with Gasteiger partial charge in [0, 0.05) is 38.4 Å². The zero-order chi connectivity index (χ0) is 15.2. The Labute approximate surface area is 128 Å². The molecule has 1 saturated heterocycles. The van der Waals surface area contributed by atoms with Gasteiger partial charge in [-0.15, -0.1) is 0 Å². The fraction of sp³-hybridized carbons (Fsp3) is 0.588. The van der Waals surface area contributed by atoms with E-state index in [0.717, 1.165) is 43.3 Å². The molecule has 1 heterocycles. The maximum absolute atomic E-state index is 12.2. The van der Waals surface area contributed by atoms with Crippen LogP contribution in [0.25, 0.3) is 0 Å². The number of piperidine rings is 1. The molecule has 1 fully saturated rings. The SMILES string of the molecule is CC1CCN(CCNC(=O)c2cccc(N(C)C)c2)CC1. The first kappa shape index (κ1) is 15.8. The van der Waals surface area contributed by atoms with Crippen LogP contribution < -0.4 is 10.2 Å². The highest BCUT2D eigenvalue weighted by Gasteiger charge is 2.15. The van der Waals surface area contributed by atoms with Crippen molar-refractivity contribution in [2.45, 2.75) is 19.8 Å². The molecule has 116 valence electrons. The summed E-state index contributed by atoms with van der Waals surface area (Å²) in [6.45, 7) is 6.31. The first-order valence-corrected chi connectivity index (χ1v) is 7.84. The molecule has 1 aliphatic heterocycles. The van der Waals surface area contributed by atoms with Gasteiger partial charge in [-0.3, -0.25) is 4.79 Å². The van der Waals surface area contributed by atoms with Crippen LogP contribution in [0.5, 0.6) is 0 Å². The van der Waals surface area contributed by atoms with Crippen molar-refractivity contribution in [2.24, 2.45) is 5.92 Å². The zero-order valence-corrected chi connectivity index (χ0v) is 13.4. The van der Waals surface area contributed by atoms with Crippen LogP contribution in [0.15, 0.2) is 24.3 Å². The molecule has 0 unspecified atom stereocenters. The molecule has 21 heavy (non-hydrogen) atoms. The monoisotopic (exact) mass is 289 g/mol. The van der Waals surface area contributed by atoms with Crippen molar-refractivity contribution >= 4 is 11.6 Å². The second kappa shape index (κ2) is 7.46. The first-order valence-electron chi connectivity index (χ1n) is 7.84. The van der Waals surface area contributed by atoms with Crippen LogP contribution in [0.2, 0.25) is 0 Å². The second-order valence-corrected chi connectivity index (χ2v) is 6.22. The molecule has 4 heteroatoms. The molecule has 0 aromatic heterocycles. The number of carbonyl (C=O) groups is 1. The quantitative estimate of drug-likeness (QED) is 0.903. The summed E-state index contributed by atoms with van der Waals surface area (Å²) in [5.74, 6) is 0.869. The Morgan fingerprint density at radius 3 is 2.71 bits per heavy atom. The third-order valence-electron chi connectivity index (χ3n) is 4.21. The molecule has 2 rings (SSSR count). The first-order chi connectivity index (χ1) is 10.1. The fourth-order valence-electron chi connectivity index (χ4n) is 2.64. The number of rotatable bonds is 5. The van der Waals surface area contributed by atoms with Gasteiger partial charge in [-0.05, 0) is 50.0 Å². The molecule has 1 amide bonds. The highest BCUT2D eigenvalue weighted by Crippen LogP contribution is 2.15. The van der Waals surface area contributed by atoms with Crippen molar-refractivity contribution in [1.82, 2.24) is 10.2 Å². The van der Waals surface area contributed by atoms with E-state index >= 15 is 0 Å². The van der Waals surface area contributed by atoms with Gasteiger partial charge in [-0.1, -0.05) is 13.0 Å². The summed E-state index contributed by atoms with van der Waals surface area (Å²) in [4.78, 5) is 16.6. The van der Waals surface area contributed by atoms with Crippen LogP contribution in [0.3, 0.4) is 0 Å². The molecule has 0 saturated carbocycles. The number of anilines is 1. The van der Waals surface area contributed by atoms with E-state index in [9.17, 15) is 4.79 Å². The van der Waals surface area contributed by atoms with Crippen LogP contribution >= 0.6 is 0 Å². The molecule has 1 aromatic carbocycles. The molecule has 0 bridgehead atoms. The average Bonchev–Trinajstić information content (AvgIpc) is 2.49. The minimum Gasteiger partial charge on any atom is -0.378 e. The van der Waals surface area contributed by atoms with E-state index in [1.807, 2.05) is 43.3 Å². The topological polar surface area (TPSA) is 35.6 Å². The van der Waals surface area contributed by atoms with Crippen LogP contribution in [-0.4, -0.2) is 51.1 Å². The number of nitrogens with one attached hydrogen (secondary N) is 1. The van der Waals surface area contributed by atoms with Crippen LogP contribution in [0, 0.1) is 5.92 Å².